The van der Waals surface area contributed by atoms with E-state index in [0.717, 1.165) is 30.2 Å². The van der Waals surface area contributed by atoms with Crippen molar-refractivity contribution in [2.75, 3.05) is 33.3 Å². The van der Waals surface area contributed by atoms with Gasteiger partial charge >= 0.3 is 0 Å². The Hall–Kier alpha value is -2.51. The van der Waals surface area contributed by atoms with Crippen LogP contribution >= 0.6 is 11.3 Å². The van der Waals surface area contributed by atoms with Crippen molar-refractivity contribution in [1.29, 1.82) is 0 Å². The molecular formula is C20H20FN3O2S. The molecule has 0 atom stereocenters. The number of piperazine rings is 1. The Bertz CT molecular complexity index is 934. The summed E-state index contributed by atoms with van der Waals surface area (Å²) in [4.78, 5) is 21.5. The molecule has 27 heavy (non-hydrogen) atoms. The lowest BCUT2D eigenvalue weighted by molar-refractivity contribution is 0.0625. The average Bonchev–Trinajstić information content (AvgIpc) is 3.10. The number of rotatable bonds is 4. The minimum absolute atomic E-state index is 0.189. The fraction of sp³-hybridized carbons (Fsp3) is 0.300. The van der Waals surface area contributed by atoms with Gasteiger partial charge in [-0.25, -0.2) is 9.37 Å². The number of fused-ring (bicyclic) bond motifs is 1. The normalized spacial score (nSPS) is 15.3. The van der Waals surface area contributed by atoms with E-state index in [2.05, 4.69) is 16.0 Å². The van der Waals surface area contributed by atoms with Crippen molar-refractivity contribution >= 4 is 27.5 Å². The number of benzene rings is 2. The Labute approximate surface area is 161 Å². The van der Waals surface area contributed by atoms with Gasteiger partial charge in [0, 0.05) is 26.2 Å². The minimum Gasteiger partial charge on any atom is -0.496 e. The first-order chi connectivity index (χ1) is 13.1. The highest BCUT2D eigenvalue weighted by molar-refractivity contribution is 7.18. The lowest BCUT2D eigenvalue weighted by Gasteiger charge is -2.34. The summed E-state index contributed by atoms with van der Waals surface area (Å²) in [5, 5.41) is 1.09. The van der Waals surface area contributed by atoms with Crippen molar-refractivity contribution in [2.24, 2.45) is 0 Å². The molecule has 0 saturated carbocycles. The van der Waals surface area contributed by atoms with Gasteiger partial charge in [0.25, 0.3) is 5.91 Å². The number of para-hydroxylation sites is 1. The number of amides is 1. The Kier molecular flexibility index (Phi) is 5.05. The van der Waals surface area contributed by atoms with E-state index in [1.165, 1.54) is 30.0 Å². The molecule has 1 aliphatic heterocycles. The summed E-state index contributed by atoms with van der Waals surface area (Å²) in [5.41, 5.74) is 1.31. The predicted octanol–water partition coefficient (Wildman–Crippen LogP) is 3.40. The summed E-state index contributed by atoms with van der Waals surface area (Å²) in [6.45, 7) is 3.51. The Morgan fingerprint density at radius 3 is 2.70 bits per heavy atom. The molecule has 1 fully saturated rings. The predicted molar refractivity (Wildman–Crippen MR) is 104 cm³/mol. The summed E-state index contributed by atoms with van der Waals surface area (Å²) in [6.07, 6.45) is 0. The van der Waals surface area contributed by atoms with E-state index in [0.29, 0.717) is 18.8 Å². The number of methoxy groups -OCH3 is 1. The zero-order chi connectivity index (χ0) is 18.8. The summed E-state index contributed by atoms with van der Waals surface area (Å²) < 4.78 is 20.0. The molecule has 1 aromatic heterocycles. The lowest BCUT2D eigenvalue weighted by Crippen LogP contribution is -2.48. The second-order valence-electron chi connectivity index (χ2n) is 6.49. The second kappa shape index (κ2) is 7.62. The fourth-order valence-electron chi connectivity index (χ4n) is 3.31. The second-order valence-corrected chi connectivity index (χ2v) is 7.60. The molecule has 0 N–H and O–H groups in total. The van der Waals surface area contributed by atoms with E-state index >= 15 is 0 Å². The summed E-state index contributed by atoms with van der Waals surface area (Å²) in [5.74, 6) is -0.224. The van der Waals surface area contributed by atoms with E-state index in [4.69, 9.17) is 4.74 Å². The van der Waals surface area contributed by atoms with Crippen molar-refractivity contribution < 1.29 is 13.9 Å². The van der Waals surface area contributed by atoms with Gasteiger partial charge < -0.3 is 9.64 Å². The van der Waals surface area contributed by atoms with Crippen LogP contribution in [0.2, 0.25) is 0 Å². The molecular weight excluding hydrogens is 365 g/mol. The van der Waals surface area contributed by atoms with Crippen molar-refractivity contribution in [1.82, 2.24) is 14.8 Å². The van der Waals surface area contributed by atoms with Crippen LogP contribution in [0.5, 0.6) is 5.75 Å². The van der Waals surface area contributed by atoms with Gasteiger partial charge in [-0.05, 0) is 30.3 Å². The number of thiazole rings is 1. The maximum absolute atomic E-state index is 13.6. The van der Waals surface area contributed by atoms with E-state index in [1.807, 2.05) is 18.2 Å². The third-order valence-electron chi connectivity index (χ3n) is 4.75. The zero-order valence-electron chi connectivity index (χ0n) is 15.0. The zero-order valence-corrected chi connectivity index (χ0v) is 15.8. The third kappa shape index (κ3) is 3.79. The molecule has 0 unspecified atom stereocenters. The summed E-state index contributed by atoms with van der Waals surface area (Å²) in [6, 6.07) is 12.2. The van der Waals surface area contributed by atoms with Gasteiger partial charge in [0.05, 0.1) is 29.4 Å². The molecule has 5 nitrogen and oxygen atoms in total. The van der Waals surface area contributed by atoms with Crippen LogP contribution in [-0.2, 0) is 6.54 Å². The Morgan fingerprint density at radius 2 is 1.96 bits per heavy atom. The standard InChI is InChI=1S/C20H20FN3O2S/c1-26-17-7-6-14(21)12-15(17)20(25)24-10-8-23(9-11-24)13-19-22-16-4-2-3-5-18(16)27-19/h2-7,12H,8-11,13H2,1H3. The number of aromatic nitrogens is 1. The molecule has 1 aliphatic rings. The molecule has 0 spiro atoms. The van der Waals surface area contributed by atoms with Crippen molar-refractivity contribution in [3.8, 4) is 5.75 Å². The monoisotopic (exact) mass is 385 g/mol. The number of nitrogens with zero attached hydrogens (tertiary/aromatic N) is 3. The largest absolute Gasteiger partial charge is 0.496 e. The number of hydrogen-bond acceptors (Lipinski definition) is 5. The highest BCUT2D eigenvalue weighted by Gasteiger charge is 2.25. The minimum atomic E-state index is -0.436. The number of halogens is 1. The molecule has 140 valence electrons. The molecule has 0 radical (unpaired) electrons. The van der Waals surface area contributed by atoms with Crippen LogP contribution in [-0.4, -0.2) is 54.0 Å². The van der Waals surface area contributed by atoms with Gasteiger partial charge in [0.2, 0.25) is 0 Å². The SMILES string of the molecule is COc1ccc(F)cc1C(=O)N1CCN(Cc2nc3ccccc3s2)CC1. The maximum Gasteiger partial charge on any atom is 0.257 e. The van der Waals surface area contributed by atoms with Crippen LogP contribution in [0, 0.1) is 5.82 Å². The van der Waals surface area contributed by atoms with Crippen LogP contribution in [0.25, 0.3) is 10.2 Å². The number of hydrogen-bond donors (Lipinski definition) is 0. The molecule has 4 rings (SSSR count). The van der Waals surface area contributed by atoms with Crippen molar-refractivity contribution in [3.05, 3.63) is 58.9 Å². The summed E-state index contributed by atoms with van der Waals surface area (Å²) >= 11 is 1.71. The number of carbonyl (C=O) groups is 1. The fourth-order valence-corrected chi connectivity index (χ4v) is 4.32. The molecule has 7 heteroatoms. The number of ether oxygens (including phenoxy) is 1. The quantitative estimate of drug-likeness (QED) is 0.691. The van der Waals surface area contributed by atoms with Gasteiger partial charge in [0.1, 0.15) is 16.6 Å². The van der Waals surface area contributed by atoms with Crippen molar-refractivity contribution in [2.45, 2.75) is 6.54 Å². The molecule has 0 bridgehead atoms. The molecule has 1 amide bonds. The molecule has 2 aromatic carbocycles. The lowest BCUT2D eigenvalue weighted by atomic mass is 10.1. The molecule has 0 aliphatic carbocycles. The molecule has 3 aromatic rings. The maximum atomic E-state index is 13.6. The highest BCUT2D eigenvalue weighted by atomic mass is 32.1. The number of carbonyl (C=O) groups excluding carboxylic acids is 1. The van der Waals surface area contributed by atoms with Crippen LogP contribution in [0.3, 0.4) is 0 Å². The first-order valence-electron chi connectivity index (χ1n) is 8.83. The Morgan fingerprint density at radius 1 is 1.19 bits per heavy atom. The van der Waals surface area contributed by atoms with Gasteiger partial charge in [-0.3, -0.25) is 9.69 Å². The van der Waals surface area contributed by atoms with Crippen LogP contribution in [0.4, 0.5) is 4.39 Å². The van der Waals surface area contributed by atoms with Crippen molar-refractivity contribution in [3.63, 3.8) is 0 Å². The van der Waals surface area contributed by atoms with Gasteiger partial charge in [-0.1, -0.05) is 12.1 Å². The highest BCUT2D eigenvalue weighted by Crippen LogP contribution is 2.24. The topological polar surface area (TPSA) is 45.7 Å². The van der Waals surface area contributed by atoms with Crippen LogP contribution < -0.4 is 4.74 Å². The van der Waals surface area contributed by atoms with E-state index < -0.39 is 5.82 Å². The van der Waals surface area contributed by atoms with E-state index in [1.54, 1.807) is 16.2 Å². The third-order valence-corrected chi connectivity index (χ3v) is 5.77. The average molecular weight is 385 g/mol. The summed E-state index contributed by atoms with van der Waals surface area (Å²) in [7, 11) is 1.49. The van der Waals surface area contributed by atoms with Gasteiger partial charge in [0.15, 0.2) is 0 Å². The van der Waals surface area contributed by atoms with E-state index in [-0.39, 0.29) is 11.5 Å². The van der Waals surface area contributed by atoms with Gasteiger partial charge in [-0.15, -0.1) is 11.3 Å². The van der Waals surface area contributed by atoms with Gasteiger partial charge in [-0.2, -0.15) is 0 Å². The van der Waals surface area contributed by atoms with E-state index in [9.17, 15) is 9.18 Å². The van der Waals surface area contributed by atoms with Crippen LogP contribution in [0.1, 0.15) is 15.4 Å². The smallest absolute Gasteiger partial charge is 0.257 e. The van der Waals surface area contributed by atoms with Crippen LogP contribution in [0.15, 0.2) is 42.5 Å². The molecule has 1 saturated heterocycles. The first-order valence-corrected chi connectivity index (χ1v) is 9.65. The first kappa shape index (κ1) is 17.9. The molecule has 2 heterocycles. The Balaban J connectivity index is 1.40.